The van der Waals surface area contributed by atoms with Crippen molar-refractivity contribution in [2.24, 2.45) is 0 Å². The summed E-state index contributed by atoms with van der Waals surface area (Å²) in [6.07, 6.45) is 1.54. The fraction of sp³-hybridized carbons (Fsp3) is 0.125. The van der Waals surface area contributed by atoms with Crippen molar-refractivity contribution in [1.82, 2.24) is 4.98 Å². The zero-order valence-electron chi connectivity index (χ0n) is 11.4. The van der Waals surface area contributed by atoms with Crippen LogP contribution in [-0.2, 0) is 0 Å². The number of aryl methyl sites for hydroxylation is 1. The summed E-state index contributed by atoms with van der Waals surface area (Å²) in [5.74, 6) is 5.34. The fourth-order valence-corrected chi connectivity index (χ4v) is 1.94. The summed E-state index contributed by atoms with van der Waals surface area (Å²) in [6, 6.07) is 8.58. The van der Waals surface area contributed by atoms with Gasteiger partial charge >= 0.3 is 0 Å². The highest BCUT2D eigenvalue weighted by molar-refractivity contribution is 6.35. The predicted molar refractivity (Wildman–Crippen MR) is 82.3 cm³/mol. The van der Waals surface area contributed by atoms with E-state index in [4.69, 9.17) is 16.7 Å². The third kappa shape index (κ3) is 3.82. The summed E-state index contributed by atoms with van der Waals surface area (Å²) in [6.45, 7) is 1.62. The second-order valence-electron chi connectivity index (χ2n) is 4.28. The fourth-order valence-electron chi connectivity index (χ4n) is 1.72. The molecule has 0 atom stereocenters. The molecule has 0 saturated heterocycles. The molecule has 0 unspecified atom stereocenters. The van der Waals surface area contributed by atoms with Gasteiger partial charge < -0.3 is 10.4 Å². The van der Waals surface area contributed by atoms with E-state index in [1.165, 1.54) is 6.20 Å². The minimum Gasteiger partial charge on any atom is -0.384 e. The molecule has 1 aromatic heterocycles. The van der Waals surface area contributed by atoms with Crippen LogP contribution in [0.2, 0.25) is 5.02 Å². The number of aliphatic hydroxyl groups is 1. The highest BCUT2D eigenvalue weighted by atomic mass is 35.5. The van der Waals surface area contributed by atoms with Gasteiger partial charge in [0.05, 0.1) is 10.6 Å². The molecule has 1 aromatic carbocycles. The van der Waals surface area contributed by atoms with Gasteiger partial charge in [0.15, 0.2) is 0 Å². The summed E-state index contributed by atoms with van der Waals surface area (Å²) in [5.41, 5.74) is 1.88. The van der Waals surface area contributed by atoms with E-state index in [1.807, 2.05) is 13.0 Å². The number of pyridine rings is 1. The van der Waals surface area contributed by atoms with Crippen LogP contribution in [0.25, 0.3) is 0 Å². The van der Waals surface area contributed by atoms with Crippen molar-refractivity contribution in [1.29, 1.82) is 0 Å². The molecule has 0 saturated carbocycles. The lowest BCUT2D eigenvalue weighted by Crippen LogP contribution is -2.13. The summed E-state index contributed by atoms with van der Waals surface area (Å²) >= 11 is 6.12. The average molecular weight is 301 g/mol. The van der Waals surface area contributed by atoms with Gasteiger partial charge in [-0.05, 0) is 30.7 Å². The number of rotatable bonds is 2. The van der Waals surface area contributed by atoms with Crippen molar-refractivity contribution < 1.29 is 9.90 Å². The molecule has 5 heteroatoms. The lowest BCUT2D eigenvalue weighted by atomic mass is 10.1. The van der Waals surface area contributed by atoms with Gasteiger partial charge in [-0.3, -0.25) is 4.79 Å². The van der Waals surface area contributed by atoms with Crippen LogP contribution in [0, 0.1) is 18.8 Å². The van der Waals surface area contributed by atoms with Gasteiger partial charge in [-0.2, -0.15) is 0 Å². The zero-order chi connectivity index (χ0) is 15.2. The first-order valence-corrected chi connectivity index (χ1v) is 6.62. The molecule has 2 rings (SSSR count). The number of nitrogens with zero attached hydrogens (tertiary/aromatic N) is 1. The molecule has 2 N–H and O–H groups in total. The quantitative estimate of drug-likeness (QED) is 0.838. The Labute approximate surface area is 127 Å². The van der Waals surface area contributed by atoms with Gasteiger partial charge in [-0.15, -0.1) is 0 Å². The molecular formula is C16H13ClN2O2. The predicted octanol–water partition coefficient (Wildman–Crippen LogP) is 2.64. The van der Waals surface area contributed by atoms with E-state index in [0.29, 0.717) is 22.0 Å². The number of nitrogens with one attached hydrogen (secondary N) is 1. The molecule has 0 aliphatic carbocycles. The molecule has 0 aliphatic rings. The lowest BCUT2D eigenvalue weighted by Gasteiger charge is -2.07. The minimum absolute atomic E-state index is 0.219. The second kappa shape index (κ2) is 6.89. The Morgan fingerprint density at radius 1 is 1.43 bits per heavy atom. The summed E-state index contributed by atoms with van der Waals surface area (Å²) < 4.78 is 0. The molecule has 21 heavy (non-hydrogen) atoms. The van der Waals surface area contributed by atoms with Crippen LogP contribution < -0.4 is 5.32 Å². The SMILES string of the molecule is Cc1cccc(C(=O)Nc2cc(C#CCO)ccn2)c1Cl. The van der Waals surface area contributed by atoms with Crippen LogP contribution in [0.4, 0.5) is 5.82 Å². The first-order chi connectivity index (χ1) is 10.1. The van der Waals surface area contributed by atoms with Gasteiger partial charge in [0.25, 0.3) is 5.91 Å². The van der Waals surface area contributed by atoms with Gasteiger partial charge in [0, 0.05) is 11.8 Å². The zero-order valence-corrected chi connectivity index (χ0v) is 12.1. The molecular weight excluding hydrogens is 288 g/mol. The van der Waals surface area contributed by atoms with Crippen LogP contribution in [0.3, 0.4) is 0 Å². The molecule has 0 fully saturated rings. The van der Waals surface area contributed by atoms with Crippen molar-refractivity contribution in [2.45, 2.75) is 6.92 Å². The molecule has 2 aromatic rings. The maximum Gasteiger partial charge on any atom is 0.258 e. The Balaban J connectivity index is 2.22. The Bertz CT molecular complexity index is 733. The Morgan fingerprint density at radius 3 is 3.00 bits per heavy atom. The lowest BCUT2D eigenvalue weighted by molar-refractivity contribution is 0.102. The average Bonchev–Trinajstić information content (AvgIpc) is 2.48. The van der Waals surface area contributed by atoms with E-state index in [1.54, 1.807) is 24.3 Å². The topological polar surface area (TPSA) is 62.2 Å². The number of benzene rings is 1. The number of halogens is 1. The maximum absolute atomic E-state index is 12.2. The molecule has 1 heterocycles. The number of hydrogen-bond acceptors (Lipinski definition) is 3. The van der Waals surface area contributed by atoms with Crippen LogP contribution in [0.15, 0.2) is 36.5 Å². The first-order valence-electron chi connectivity index (χ1n) is 6.24. The van der Waals surface area contributed by atoms with Crippen LogP contribution in [0.5, 0.6) is 0 Å². The van der Waals surface area contributed by atoms with E-state index >= 15 is 0 Å². The van der Waals surface area contributed by atoms with Crippen molar-refractivity contribution in [3.63, 3.8) is 0 Å². The van der Waals surface area contributed by atoms with E-state index < -0.39 is 0 Å². The Morgan fingerprint density at radius 2 is 2.24 bits per heavy atom. The van der Waals surface area contributed by atoms with E-state index in [0.717, 1.165) is 5.56 Å². The summed E-state index contributed by atoms with van der Waals surface area (Å²) in [7, 11) is 0. The summed E-state index contributed by atoms with van der Waals surface area (Å²) in [4.78, 5) is 16.3. The number of carbonyl (C=O) groups excluding carboxylic acids is 1. The van der Waals surface area contributed by atoms with Crippen LogP contribution in [0.1, 0.15) is 21.5 Å². The molecule has 0 radical (unpaired) electrons. The molecule has 106 valence electrons. The highest BCUT2D eigenvalue weighted by Crippen LogP contribution is 2.21. The van der Waals surface area contributed by atoms with Crippen LogP contribution >= 0.6 is 11.6 Å². The molecule has 1 amide bonds. The van der Waals surface area contributed by atoms with Crippen molar-refractivity contribution >= 4 is 23.3 Å². The highest BCUT2D eigenvalue weighted by Gasteiger charge is 2.12. The number of amides is 1. The molecule has 4 nitrogen and oxygen atoms in total. The van der Waals surface area contributed by atoms with E-state index in [-0.39, 0.29) is 12.5 Å². The van der Waals surface area contributed by atoms with E-state index in [9.17, 15) is 4.79 Å². The first kappa shape index (κ1) is 15.0. The monoisotopic (exact) mass is 300 g/mol. The second-order valence-corrected chi connectivity index (χ2v) is 4.66. The maximum atomic E-state index is 12.2. The molecule has 0 bridgehead atoms. The van der Waals surface area contributed by atoms with Gasteiger partial charge in [-0.1, -0.05) is 35.6 Å². The smallest absolute Gasteiger partial charge is 0.258 e. The summed E-state index contributed by atoms with van der Waals surface area (Å²) in [5, 5.41) is 11.8. The van der Waals surface area contributed by atoms with Gasteiger partial charge in [0.1, 0.15) is 12.4 Å². The van der Waals surface area contributed by atoms with Crippen LogP contribution in [-0.4, -0.2) is 22.6 Å². The minimum atomic E-state index is -0.330. The van der Waals surface area contributed by atoms with Gasteiger partial charge in [0.2, 0.25) is 0 Å². The standard InChI is InChI=1S/C16H13ClN2O2/c1-11-4-2-6-13(15(11)17)16(21)19-14-10-12(5-3-9-20)7-8-18-14/h2,4,6-8,10,20H,9H2,1H3,(H,18,19,21). The van der Waals surface area contributed by atoms with Crippen molar-refractivity contribution in [3.8, 4) is 11.8 Å². The number of hydrogen-bond donors (Lipinski definition) is 2. The number of aliphatic hydroxyl groups excluding tert-OH is 1. The molecule has 0 spiro atoms. The van der Waals surface area contributed by atoms with Crippen molar-refractivity contribution in [2.75, 3.05) is 11.9 Å². The van der Waals surface area contributed by atoms with Gasteiger partial charge in [-0.25, -0.2) is 4.98 Å². The third-order valence-electron chi connectivity index (χ3n) is 2.75. The normalized spacial score (nSPS) is 9.67. The number of carbonyl (C=O) groups is 1. The Kier molecular flexibility index (Phi) is 4.94. The van der Waals surface area contributed by atoms with Crippen molar-refractivity contribution in [3.05, 3.63) is 58.2 Å². The van der Waals surface area contributed by atoms with E-state index in [2.05, 4.69) is 22.1 Å². The Hall–Kier alpha value is -2.35. The number of anilines is 1. The molecule has 0 aliphatic heterocycles. The number of aromatic nitrogens is 1. The largest absolute Gasteiger partial charge is 0.384 e. The third-order valence-corrected chi connectivity index (χ3v) is 3.25.